The monoisotopic (exact) mass is 475 g/mol. The van der Waals surface area contributed by atoms with Crippen molar-refractivity contribution in [1.82, 2.24) is 4.90 Å². The van der Waals surface area contributed by atoms with Crippen molar-refractivity contribution in [3.05, 3.63) is 32.2 Å². The SMILES string of the molecule is CCOC(=O)[C@H](C)N1C(=O)S/C(=C/c2ccc(OCC)c(I)c2)C1=O. The molecule has 1 aromatic rings. The first kappa shape index (κ1) is 19.8. The molecule has 0 unspecified atom stereocenters. The van der Waals surface area contributed by atoms with E-state index in [-0.39, 0.29) is 11.5 Å². The maximum atomic E-state index is 12.5. The minimum Gasteiger partial charge on any atom is -0.493 e. The van der Waals surface area contributed by atoms with E-state index in [2.05, 4.69) is 22.6 Å². The number of amides is 2. The van der Waals surface area contributed by atoms with Crippen LogP contribution < -0.4 is 4.74 Å². The van der Waals surface area contributed by atoms with Gasteiger partial charge in [-0.3, -0.25) is 14.5 Å². The lowest BCUT2D eigenvalue weighted by atomic mass is 10.2. The number of imide groups is 1. The van der Waals surface area contributed by atoms with E-state index in [1.165, 1.54) is 6.92 Å². The molecule has 25 heavy (non-hydrogen) atoms. The van der Waals surface area contributed by atoms with Crippen LogP contribution in [0.4, 0.5) is 4.79 Å². The lowest BCUT2D eigenvalue weighted by molar-refractivity contribution is -0.150. The normalized spacial score (nSPS) is 17.1. The quantitative estimate of drug-likeness (QED) is 0.355. The van der Waals surface area contributed by atoms with Crippen LogP contribution in [0, 0.1) is 3.57 Å². The molecule has 0 bridgehead atoms. The summed E-state index contributed by atoms with van der Waals surface area (Å²) in [5.41, 5.74) is 0.780. The van der Waals surface area contributed by atoms with Gasteiger partial charge in [-0.25, -0.2) is 4.79 Å². The van der Waals surface area contributed by atoms with Gasteiger partial charge in [0.1, 0.15) is 11.8 Å². The Morgan fingerprint density at radius 1 is 1.32 bits per heavy atom. The molecule has 2 rings (SSSR count). The van der Waals surface area contributed by atoms with Crippen molar-refractivity contribution in [3.63, 3.8) is 0 Å². The number of carbonyl (C=O) groups is 3. The molecule has 0 saturated carbocycles. The van der Waals surface area contributed by atoms with Crippen LogP contribution in [0.5, 0.6) is 5.75 Å². The summed E-state index contributed by atoms with van der Waals surface area (Å²) in [6, 6.07) is 4.56. The van der Waals surface area contributed by atoms with Crippen molar-refractivity contribution < 1.29 is 23.9 Å². The van der Waals surface area contributed by atoms with Crippen molar-refractivity contribution in [2.24, 2.45) is 0 Å². The maximum absolute atomic E-state index is 12.5. The molecule has 0 N–H and O–H groups in total. The van der Waals surface area contributed by atoms with E-state index in [1.807, 2.05) is 25.1 Å². The topological polar surface area (TPSA) is 72.9 Å². The number of esters is 1. The van der Waals surface area contributed by atoms with Gasteiger partial charge in [-0.05, 0) is 78.9 Å². The fraction of sp³-hybridized carbons (Fsp3) is 0.353. The zero-order chi connectivity index (χ0) is 18.6. The number of benzene rings is 1. The molecule has 8 heteroatoms. The second-order valence-electron chi connectivity index (χ2n) is 5.10. The second-order valence-corrected chi connectivity index (χ2v) is 7.26. The fourth-order valence-corrected chi connectivity index (χ4v) is 3.82. The Hall–Kier alpha value is -1.55. The van der Waals surface area contributed by atoms with E-state index in [9.17, 15) is 14.4 Å². The summed E-state index contributed by atoms with van der Waals surface area (Å²) in [6.45, 7) is 5.83. The fourth-order valence-electron chi connectivity index (χ4n) is 2.21. The largest absolute Gasteiger partial charge is 0.493 e. The van der Waals surface area contributed by atoms with Crippen LogP contribution in [0.15, 0.2) is 23.1 Å². The number of ether oxygens (including phenoxy) is 2. The molecule has 1 aliphatic heterocycles. The van der Waals surface area contributed by atoms with E-state index < -0.39 is 23.2 Å². The summed E-state index contributed by atoms with van der Waals surface area (Å²) in [6.07, 6.45) is 1.64. The van der Waals surface area contributed by atoms with Crippen molar-refractivity contribution in [2.75, 3.05) is 13.2 Å². The van der Waals surface area contributed by atoms with Gasteiger partial charge in [0.05, 0.1) is 21.7 Å². The first-order valence-corrected chi connectivity index (χ1v) is 9.64. The molecule has 1 fully saturated rings. The Labute approximate surface area is 164 Å². The van der Waals surface area contributed by atoms with Gasteiger partial charge >= 0.3 is 5.97 Å². The molecule has 6 nitrogen and oxygen atoms in total. The van der Waals surface area contributed by atoms with Gasteiger partial charge in [0.15, 0.2) is 0 Å². The van der Waals surface area contributed by atoms with Crippen LogP contribution >= 0.6 is 34.4 Å². The summed E-state index contributed by atoms with van der Waals surface area (Å²) >= 11 is 2.97. The molecule has 2 amide bonds. The highest BCUT2D eigenvalue weighted by molar-refractivity contribution is 14.1. The molecule has 0 spiro atoms. The minimum atomic E-state index is -0.946. The van der Waals surface area contributed by atoms with Crippen LogP contribution in [0.3, 0.4) is 0 Å². The maximum Gasteiger partial charge on any atom is 0.329 e. The third kappa shape index (κ3) is 4.55. The standard InChI is InChI=1S/C17H18INO5S/c1-4-23-13-7-6-11(8-12(13)18)9-14-15(20)19(17(22)25-14)10(3)16(21)24-5-2/h6-10H,4-5H2,1-3H3/b14-9+/t10-/m0/s1. The van der Waals surface area contributed by atoms with Gasteiger partial charge in [0.25, 0.3) is 11.1 Å². The van der Waals surface area contributed by atoms with Crippen LogP contribution in [-0.4, -0.2) is 41.3 Å². The molecule has 1 heterocycles. The van der Waals surface area contributed by atoms with E-state index in [1.54, 1.807) is 13.0 Å². The Kier molecular flexibility index (Phi) is 6.88. The van der Waals surface area contributed by atoms with Gasteiger partial charge in [0.2, 0.25) is 0 Å². The average Bonchev–Trinajstić information content (AvgIpc) is 2.83. The van der Waals surface area contributed by atoms with Crippen LogP contribution in [0.1, 0.15) is 26.3 Å². The first-order chi connectivity index (χ1) is 11.9. The molecule has 1 aromatic carbocycles. The number of carbonyl (C=O) groups excluding carboxylic acids is 3. The highest BCUT2D eigenvalue weighted by Gasteiger charge is 2.41. The zero-order valence-electron chi connectivity index (χ0n) is 14.1. The summed E-state index contributed by atoms with van der Waals surface area (Å²) in [7, 11) is 0. The predicted octanol–water partition coefficient (Wildman–Crippen LogP) is 3.68. The Morgan fingerprint density at radius 2 is 2.04 bits per heavy atom. The summed E-state index contributed by atoms with van der Waals surface area (Å²) < 4.78 is 11.3. The third-order valence-electron chi connectivity index (χ3n) is 3.39. The Balaban J connectivity index is 2.22. The van der Waals surface area contributed by atoms with E-state index in [0.29, 0.717) is 6.61 Å². The molecule has 1 saturated heterocycles. The number of halogens is 1. The predicted molar refractivity (Wildman–Crippen MR) is 104 cm³/mol. The van der Waals surface area contributed by atoms with Crippen LogP contribution in [0.25, 0.3) is 6.08 Å². The van der Waals surface area contributed by atoms with Crippen molar-refractivity contribution >= 4 is 57.5 Å². The van der Waals surface area contributed by atoms with Gasteiger partial charge in [-0.1, -0.05) is 6.07 Å². The zero-order valence-corrected chi connectivity index (χ0v) is 17.0. The van der Waals surface area contributed by atoms with Crippen molar-refractivity contribution in [3.8, 4) is 5.75 Å². The second kappa shape index (κ2) is 8.70. The van der Waals surface area contributed by atoms with Crippen molar-refractivity contribution in [1.29, 1.82) is 0 Å². The molecule has 134 valence electrons. The van der Waals surface area contributed by atoms with Gasteiger partial charge < -0.3 is 9.47 Å². The molecule has 0 aromatic heterocycles. The summed E-state index contributed by atoms with van der Waals surface area (Å²) in [5.74, 6) is -0.314. The Morgan fingerprint density at radius 3 is 2.64 bits per heavy atom. The number of hydrogen-bond acceptors (Lipinski definition) is 6. The van der Waals surface area contributed by atoms with E-state index in [0.717, 1.165) is 31.5 Å². The van der Waals surface area contributed by atoms with Gasteiger partial charge in [0, 0.05) is 0 Å². The highest BCUT2D eigenvalue weighted by Crippen LogP contribution is 2.34. The smallest absolute Gasteiger partial charge is 0.329 e. The molecular formula is C17H18INO5S. The number of nitrogens with zero attached hydrogens (tertiary/aromatic N) is 1. The molecule has 0 radical (unpaired) electrons. The van der Waals surface area contributed by atoms with Crippen LogP contribution in [0.2, 0.25) is 0 Å². The molecule has 1 aliphatic rings. The first-order valence-electron chi connectivity index (χ1n) is 7.75. The van der Waals surface area contributed by atoms with Gasteiger partial charge in [-0.15, -0.1) is 0 Å². The Bertz CT molecular complexity index is 734. The van der Waals surface area contributed by atoms with Crippen LogP contribution in [-0.2, 0) is 14.3 Å². The number of hydrogen-bond donors (Lipinski definition) is 0. The average molecular weight is 475 g/mol. The number of thioether (sulfide) groups is 1. The van der Waals surface area contributed by atoms with Crippen molar-refractivity contribution in [2.45, 2.75) is 26.8 Å². The summed E-state index contributed by atoms with van der Waals surface area (Å²) in [5, 5.41) is -0.475. The van der Waals surface area contributed by atoms with E-state index >= 15 is 0 Å². The highest BCUT2D eigenvalue weighted by atomic mass is 127. The number of rotatable bonds is 6. The lowest BCUT2D eigenvalue weighted by Crippen LogP contribution is -2.42. The summed E-state index contributed by atoms with van der Waals surface area (Å²) in [4.78, 5) is 37.7. The minimum absolute atomic E-state index is 0.194. The molecular weight excluding hydrogens is 457 g/mol. The third-order valence-corrected chi connectivity index (χ3v) is 5.12. The molecule has 0 aliphatic carbocycles. The van der Waals surface area contributed by atoms with E-state index in [4.69, 9.17) is 9.47 Å². The molecule has 1 atom stereocenters. The lowest BCUT2D eigenvalue weighted by Gasteiger charge is -2.19. The van der Waals surface area contributed by atoms with Gasteiger partial charge in [-0.2, -0.15) is 0 Å².